The number of hydrogen-bond donors (Lipinski definition) is 2. The van der Waals surface area contributed by atoms with E-state index in [0.717, 1.165) is 5.56 Å². The molecule has 0 aliphatic rings. The summed E-state index contributed by atoms with van der Waals surface area (Å²) < 4.78 is 0. The van der Waals surface area contributed by atoms with Crippen molar-refractivity contribution in [2.24, 2.45) is 0 Å². The predicted molar refractivity (Wildman–Crippen MR) is 85.2 cm³/mol. The van der Waals surface area contributed by atoms with Gasteiger partial charge in [-0.05, 0) is 19.4 Å². The van der Waals surface area contributed by atoms with E-state index in [2.05, 4.69) is 9.97 Å². The average Bonchev–Trinajstić information content (AvgIpc) is 2.36. The van der Waals surface area contributed by atoms with Gasteiger partial charge in [0.25, 0.3) is 0 Å². The number of nitrogen functional groups attached to an aromatic ring is 1. The molecule has 2 aromatic rings. The second-order valence-electron chi connectivity index (χ2n) is 5.56. The monoisotopic (exact) mass is 306 g/mol. The van der Waals surface area contributed by atoms with Crippen LogP contribution in [-0.2, 0) is 6.54 Å². The molecule has 0 atom stereocenters. The lowest BCUT2D eigenvalue weighted by Crippen LogP contribution is -2.38. The van der Waals surface area contributed by atoms with Crippen molar-refractivity contribution < 1.29 is 5.11 Å². The van der Waals surface area contributed by atoms with Crippen molar-refractivity contribution in [3.05, 3.63) is 47.1 Å². The fourth-order valence-corrected chi connectivity index (χ4v) is 2.26. The highest BCUT2D eigenvalue weighted by Gasteiger charge is 2.20. The summed E-state index contributed by atoms with van der Waals surface area (Å²) in [7, 11) is 0. The minimum absolute atomic E-state index is 0.117. The summed E-state index contributed by atoms with van der Waals surface area (Å²) in [4.78, 5) is 10.0. The predicted octanol–water partition coefficient (Wildman–Crippen LogP) is 2.49. The van der Waals surface area contributed by atoms with Crippen LogP contribution >= 0.6 is 11.6 Å². The Morgan fingerprint density at radius 3 is 2.48 bits per heavy atom. The lowest BCUT2D eigenvalue weighted by molar-refractivity contribution is 0.0868. The van der Waals surface area contributed by atoms with E-state index in [4.69, 9.17) is 17.3 Å². The smallest absolute Gasteiger partial charge is 0.223 e. The third-order valence-electron chi connectivity index (χ3n) is 2.82. The van der Waals surface area contributed by atoms with Gasteiger partial charge in [0.15, 0.2) is 0 Å². The van der Waals surface area contributed by atoms with E-state index in [-0.39, 0.29) is 11.1 Å². The molecule has 0 saturated carbocycles. The molecule has 2 rings (SSSR count). The topological polar surface area (TPSA) is 75.3 Å². The van der Waals surface area contributed by atoms with E-state index >= 15 is 0 Å². The standard InChI is InChI=1S/C15H19ClN4O/c1-15(2,21)10-20(9-11-6-4-3-5-7-11)13-8-12(16)18-14(17)19-13/h3-8,21H,9-10H2,1-2H3,(H2,17,18,19). The molecule has 0 aliphatic heterocycles. The van der Waals surface area contributed by atoms with E-state index < -0.39 is 5.60 Å². The van der Waals surface area contributed by atoms with Crippen LogP contribution in [0.5, 0.6) is 0 Å². The molecule has 112 valence electrons. The van der Waals surface area contributed by atoms with E-state index in [1.165, 1.54) is 0 Å². The second-order valence-corrected chi connectivity index (χ2v) is 5.95. The maximum absolute atomic E-state index is 10.1. The van der Waals surface area contributed by atoms with Crippen LogP contribution in [-0.4, -0.2) is 27.2 Å². The Kier molecular flexibility index (Phi) is 4.65. The lowest BCUT2D eigenvalue weighted by Gasteiger charge is -2.30. The average molecular weight is 307 g/mol. The molecule has 5 nitrogen and oxygen atoms in total. The molecule has 0 saturated heterocycles. The highest BCUT2D eigenvalue weighted by atomic mass is 35.5. The van der Waals surface area contributed by atoms with Crippen molar-refractivity contribution in [3.63, 3.8) is 0 Å². The van der Waals surface area contributed by atoms with Gasteiger partial charge in [-0.15, -0.1) is 0 Å². The van der Waals surface area contributed by atoms with Crippen LogP contribution in [0.1, 0.15) is 19.4 Å². The quantitative estimate of drug-likeness (QED) is 0.830. The number of rotatable bonds is 5. The Morgan fingerprint density at radius 2 is 1.90 bits per heavy atom. The maximum atomic E-state index is 10.1. The summed E-state index contributed by atoms with van der Waals surface area (Å²) in [6.45, 7) is 4.49. The number of aromatic nitrogens is 2. The van der Waals surface area contributed by atoms with Crippen LogP contribution in [0.4, 0.5) is 11.8 Å². The Hall–Kier alpha value is -1.85. The minimum Gasteiger partial charge on any atom is -0.389 e. The molecule has 0 aliphatic carbocycles. The molecule has 1 heterocycles. The van der Waals surface area contributed by atoms with Gasteiger partial charge in [0, 0.05) is 19.2 Å². The van der Waals surface area contributed by atoms with Crippen molar-refractivity contribution in [2.45, 2.75) is 26.0 Å². The summed E-state index contributed by atoms with van der Waals surface area (Å²) >= 11 is 5.95. The Labute approximate surface area is 129 Å². The summed E-state index contributed by atoms with van der Waals surface area (Å²) in [6.07, 6.45) is 0. The molecule has 0 bridgehead atoms. The highest BCUT2D eigenvalue weighted by Crippen LogP contribution is 2.21. The van der Waals surface area contributed by atoms with Crippen molar-refractivity contribution in [2.75, 3.05) is 17.2 Å². The molecule has 21 heavy (non-hydrogen) atoms. The molecule has 3 N–H and O–H groups in total. The summed E-state index contributed by atoms with van der Waals surface area (Å²) in [5.41, 5.74) is 5.89. The van der Waals surface area contributed by atoms with Crippen LogP contribution in [0.25, 0.3) is 0 Å². The second kappa shape index (κ2) is 6.28. The number of halogens is 1. The number of benzene rings is 1. The van der Waals surface area contributed by atoms with E-state index in [1.807, 2.05) is 35.2 Å². The maximum Gasteiger partial charge on any atom is 0.223 e. The largest absolute Gasteiger partial charge is 0.389 e. The molecule has 0 radical (unpaired) electrons. The van der Waals surface area contributed by atoms with Gasteiger partial charge in [-0.2, -0.15) is 4.98 Å². The molecular formula is C15H19ClN4O. The molecule has 1 aromatic carbocycles. The first-order valence-corrected chi connectivity index (χ1v) is 7.02. The van der Waals surface area contributed by atoms with Gasteiger partial charge in [-0.25, -0.2) is 4.98 Å². The number of anilines is 2. The number of aliphatic hydroxyl groups is 1. The number of nitrogens with zero attached hydrogens (tertiary/aromatic N) is 3. The molecule has 0 fully saturated rings. The van der Waals surface area contributed by atoms with Crippen molar-refractivity contribution >= 4 is 23.4 Å². The van der Waals surface area contributed by atoms with Gasteiger partial charge in [0.05, 0.1) is 5.60 Å². The van der Waals surface area contributed by atoms with Crippen molar-refractivity contribution in [1.29, 1.82) is 0 Å². The fourth-order valence-electron chi connectivity index (χ4n) is 2.07. The van der Waals surface area contributed by atoms with Crippen molar-refractivity contribution in [1.82, 2.24) is 9.97 Å². The molecular weight excluding hydrogens is 288 g/mol. The minimum atomic E-state index is -0.874. The van der Waals surface area contributed by atoms with Gasteiger partial charge in [-0.1, -0.05) is 41.9 Å². The fraction of sp³-hybridized carbons (Fsp3) is 0.333. The van der Waals surface area contributed by atoms with Gasteiger partial charge in [-0.3, -0.25) is 0 Å². The molecule has 6 heteroatoms. The van der Waals surface area contributed by atoms with Crippen LogP contribution in [0.3, 0.4) is 0 Å². The summed E-state index contributed by atoms with van der Waals surface area (Å²) in [6, 6.07) is 11.6. The van der Waals surface area contributed by atoms with Gasteiger partial charge < -0.3 is 15.7 Å². The van der Waals surface area contributed by atoms with Crippen LogP contribution in [0.2, 0.25) is 5.15 Å². The SMILES string of the molecule is CC(C)(O)CN(Cc1ccccc1)c1cc(Cl)nc(N)n1. The van der Waals surface area contributed by atoms with Gasteiger partial charge >= 0.3 is 0 Å². The molecule has 1 aromatic heterocycles. The van der Waals surface area contributed by atoms with Gasteiger partial charge in [0.1, 0.15) is 11.0 Å². The normalized spacial score (nSPS) is 11.4. The van der Waals surface area contributed by atoms with E-state index in [0.29, 0.717) is 18.9 Å². The summed E-state index contributed by atoms with van der Waals surface area (Å²) in [5.74, 6) is 0.713. The van der Waals surface area contributed by atoms with Crippen molar-refractivity contribution in [3.8, 4) is 0 Å². The third-order valence-corrected chi connectivity index (χ3v) is 3.01. The lowest BCUT2D eigenvalue weighted by atomic mass is 10.1. The number of nitrogens with two attached hydrogens (primary N) is 1. The highest BCUT2D eigenvalue weighted by molar-refractivity contribution is 6.29. The van der Waals surface area contributed by atoms with Gasteiger partial charge in [0.2, 0.25) is 5.95 Å². The molecule has 0 unspecified atom stereocenters. The Balaban J connectivity index is 2.31. The molecule has 0 amide bonds. The van der Waals surface area contributed by atoms with Crippen LogP contribution in [0, 0.1) is 0 Å². The van der Waals surface area contributed by atoms with E-state index in [9.17, 15) is 5.11 Å². The zero-order chi connectivity index (χ0) is 15.5. The molecule has 0 spiro atoms. The first kappa shape index (κ1) is 15.5. The van der Waals surface area contributed by atoms with Crippen LogP contribution < -0.4 is 10.6 Å². The number of hydrogen-bond acceptors (Lipinski definition) is 5. The van der Waals surface area contributed by atoms with E-state index in [1.54, 1.807) is 19.9 Å². The van der Waals surface area contributed by atoms with Crippen LogP contribution in [0.15, 0.2) is 36.4 Å². The third kappa shape index (κ3) is 4.88. The zero-order valence-corrected chi connectivity index (χ0v) is 12.9. The Morgan fingerprint density at radius 1 is 1.24 bits per heavy atom. The zero-order valence-electron chi connectivity index (χ0n) is 12.1. The first-order chi connectivity index (χ1) is 9.83. The summed E-state index contributed by atoms with van der Waals surface area (Å²) in [5, 5.41) is 10.4. The Bertz CT molecular complexity index is 578. The first-order valence-electron chi connectivity index (χ1n) is 6.65.